The van der Waals surface area contributed by atoms with Crippen molar-refractivity contribution in [3.05, 3.63) is 29.6 Å². The van der Waals surface area contributed by atoms with E-state index in [4.69, 9.17) is 5.73 Å². The van der Waals surface area contributed by atoms with E-state index in [0.29, 0.717) is 5.92 Å². The Labute approximate surface area is 100 Å². The van der Waals surface area contributed by atoms with Gasteiger partial charge < -0.3 is 15.4 Å². The van der Waals surface area contributed by atoms with Crippen molar-refractivity contribution in [1.82, 2.24) is 9.55 Å². The van der Waals surface area contributed by atoms with Crippen molar-refractivity contribution in [2.75, 3.05) is 6.61 Å². The van der Waals surface area contributed by atoms with E-state index in [1.165, 1.54) is 12.8 Å². The summed E-state index contributed by atoms with van der Waals surface area (Å²) in [5.74, 6) is 1.77. The number of aliphatic hydroxyl groups is 1. The molecule has 1 aliphatic carbocycles. The average Bonchev–Trinajstić information content (AvgIpc) is 3.13. The molecule has 2 aromatic rings. The molecule has 1 aliphatic rings. The fraction of sp³-hybridized carbons (Fsp3) is 0.462. The Kier molecular flexibility index (Phi) is 2.42. The summed E-state index contributed by atoms with van der Waals surface area (Å²) in [6, 6.07) is 5.61. The third kappa shape index (κ3) is 1.64. The van der Waals surface area contributed by atoms with Crippen molar-refractivity contribution in [2.24, 2.45) is 12.8 Å². The van der Waals surface area contributed by atoms with Crippen LogP contribution in [0.2, 0.25) is 0 Å². The Balaban J connectivity index is 2.22. The lowest BCUT2D eigenvalue weighted by Gasteiger charge is -2.11. The van der Waals surface area contributed by atoms with Crippen LogP contribution < -0.4 is 5.73 Å². The van der Waals surface area contributed by atoms with E-state index in [-0.39, 0.29) is 12.6 Å². The van der Waals surface area contributed by atoms with Crippen LogP contribution >= 0.6 is 0 Å². The second kappa shape index (κ2) is 3.82. The molecule has 1 atom stereocenters. The number of aryl methyl sites for hydroxylation is 1. The first-order chi connectivity index (χ1) is 8.22. The lowest BCUT2D eigenvalue weighted by atomic mass is 10.1. The number of aromatic nitrogens is 2. The van der Waals surface area contributed by atoms with Gasteiger partial charge in [0.05, 0.1) is 23.7 Å². The van der Waals surface area contributed by atoms with E-state index in [1.54, 1.807) is 0 Å². The summed E-state index contributed by atoms with van der Waals surface area (Å²) in [5, 5.41) is 9.21. The summed E-state index contributed by atoms with van der Waals surface area (Å²) in [7, 11) is 2.04. The second-order valence-corrected chi connectivity index (χ2v) is 4.81. The van der Waals surface area contributed by atoms with Crippen molar-refractivity contribution < 1.29 is 5.11 Å². The SMILES string of the molecule is Cn1c(C2CC2)nc2cccc(C(N)CO)c21. The molecule has 3 rings (SSSR count). The summed E-state index contributed by atoms with van der Waals surface area (Å²) in [6.07, 6.45) is 2.47. The normalized spacial score (nSPS) is 17.6. The van der Waals surface area contributed by atoms with E-state index in [9.17, 15) is 5.11 Å². The summed E-state index contributed by atoms with van der Waals surface area (Å²) >= 11 is 0. The average molecular weight is 231 g/mol. The quantitative estimate of drug-likeness (QED) is 0.840. The first kappa shape index (κ1) is 10.7. The fourth-order valence-electron chi connectivity index (χ4n) is 2.42. The minimum absolute atomic E-state index is 0.0386. The van der Waals surface area contributed by atoms with Gasteiger partial charge in [-0.05, 0) is 24.5 Å². The van der Waals surface area contributed by atoms with Gasteiger partial charge >= 0.3 is 0 Å². The second-order valence-electron chi connectivity index (χ2n) is 4.81. The molecule has 4 nitrogen and oxygen atoms in total. The third-order valence-electron chi connectivity index (χ3n) is 3.50. The molecule has 1 aromatic heterocycles. The number of hydrogen-bond acceptors (Lipinski definition) is 3. The van der Waals surface area contributed by atoms with Gasteiger partial charge in [0.2, 0.25) is 0 Å². The number of hydrogen-bond donors (Lipinski definition) is 2. The Hall–Kier alpha value is -1.39. The first-order valence-corrected chi connectivity index (χ1v) is 6.04. The number of nitrogens with zero attached hydrogens (tertiary/aromatic N) is 2. The van der Waals surface area contributed by atoms with Crippen LogP contribution in [0.5, 0.6) is 0 Å². The molecule has 0 radical (unpaired) electrons. The van der Waals surface area contributed by atoms with Crippen LogP contribution in [-0.4, -0.2) is 21.3 Å². The predicted octanol–water partition coefficient (Wildman–Crippen LogP) is 1.44. The third-order valence-corrected chi connectivity index (χ3v) is 3.50. The van der Waals surface area contributed by atoms with Crippen molar-refractivity contribution in [2.45, 2.75) is 24.8 Å². The lowest BCUT2D eigenvalue weighted by Crippen LogP contribution is -2.15. The molecule has 1 fully saturated rings. The minimum Gasteiger partial charge on any atom is -0.394 e. The molecule has 1 heterocycles. The van der Waals surface area contributed by atoms with Crippen LogP contribution in [0.4, 0.5) is 0 Å². The standard InChI is InChI=1S/C13H17N3O/c1-16-12-9(10(14)7-17)3-2-4-11(12)15-13(16)8-5-6-8/h2-4,8,10,17H,5-7,14H2,1H3. The Morgan fingerprint density at radius 2 is 2.29 bits per heavy atom. The predicted molar refractivity (Wildman–Crippen MR) is 66.7 cm³/mol. The van der Waals surface area contributed by atoms with Crippen molar-refractivity contribution in [1.29, 1.82) is 0 Å². The first-order valence-electron chi connectivity index (χ1n) is 6.04. The maximum atomic E-state index is 9.21. The van der Waals surface area contributed by atoms with Crippen molar-refractivity contribution >= 4 is 11.0 Å². The number of imidazole rings is 1. The zero-order valence-corrected chi connectivity index (χ0v) is 9.93. The zero-order chi connectivity index (χ0) is 12.0. The monoisotopic (exact) mass is 231 g/mol. The molecule has 90 valence electrons. The molecule has 0 spiro atoms. The van der Waals surface area contributed by atoms with Gasteiger partial charge in [-0.2, -0.15) is 0 Å². The van der Waals surface area contributed by atoms with E-state index >= 15 is 0 Å². The van der Waals surface area contributed by atoms with Crippen molar-refractivity contribution in [3.63, 3.8) is 0 Å². The topological polar surface area (TPSA) is 64.1 Å². The van der Waals surface area contributed by atoms with Crippen LogP contribution in [0, 0.1) is 0 Å². The van der Waals surface area contributed by atoms with Gasteiger partial charge in [0.25, 0.3) is 0 Å². The summed E-state index contributed by atoms with van der Waals surface area (Å²) < 4.78 is 2.14. The van der Waals surface area contributed by atoms with Crippen LogP contribution in [0.3, 0.4) is 0 Å². The molecule has 0 aliphatic heterocycles. The maximum Gasteiger partial charge on any atom is 0.112 e. The lowest BCUT2D eigenvalue weighted by molar-refractivity contribution is 0.268. The molecule has 1 saturated carbocycles. The van der Waals surface area contributed by atoms with Gasteiger partial charge in [-0.15, -0.1) is 0 Å². The smallest absolute Gasteiger partial charge is 0.112 e. The van der Waals surface area contributed by atoms with E-state index in [1.807, 2.05) is 25.2 Å². The maximum absolute atomic E-state index is 9.21. The number of nitrogens with two attached hydrogens (primary N) is 1. The molecule has 17 heavy (non-hydrogen) atoms. The molecular formula is C13H17N3O. The van der Waals surface area contributed by atoms with Crippen LogP contribution in [0.25, 0.3) is 11.0 Å². The van der Waals surface area contributed by atoms with E-state index < -0.39 is 0 Å². The highest BCUT2D eigenvalue weighted by atomic mass is 16.3. The molecule has 1 aromatic carbocycles. The number of aliphatic hydroxyl groups excluding tert-OH is 1. The van der Waals surface area contributed by atoms with Gasteiger partial charge in [0.1, 0.15) is 5.82 Å². The van der Waals surface area contributed by atoms with Gasteiger partial charge in [-0.25, -0.2) is 4.98 Å². The van der Waals surface area contributed by atoms with Gasteiger partial charge in [0, 0.05) is 13.0 Å². The molecule has 1 unspecified atom stereocenters. The minimum atomic E-state index is -0.332. The van der Waals surface area contributed by atoms with Crippen LogP contribution in [0.15, 0.2) is 18.2 Å². The fourth-order valence-corrected chi connectivity index (χ4v) is 2.42. The van der Waals surface area contributed by atoms with E-state index in [0.717, 1.165) is 22.4 Å². The van der Waals surface area contributed by atoms with Gasteiger partial charge in [0.15, 0.2) is 0 Å². The molecule has 4 heteroatoms. The Morgan fingerprint density at radius 3 is 2.94 bits per heavy atom. The number of rotatable bonds is 3. The molecular weight excluding hydrogens is 214 g/mol. The zero-order valence-electron chi connectivity index (χ0n) is 9.93. The number of benzene rings is 1. The van der Waals surface area contributed by atoms with Gasteiger partial charge in [-0.1, -0.05) is 12.1 Å². The van der Waals surface area contributed by atoms with E-state index in [2.05, 4.69) is 9.55 Å². The summed E-state index contributed by atoms with van der Waals surface area (Å²) in [6.45, 7) is -0.0386. The number of para-hydroxylation sites is 1. The molecule has 3 N–H and O–H groups in total. The molecule has 0 amide bonds. The van der Waals surface area contributed by atoms with Gasteiger partial charge in [-0.3, -0.25) is 0 Å². The molecule has 0 bridgehead atoms. The Bertz CT molecular complexity index is 557. The number of fused-ring (bicyclic) bond motifs is 1. The van der Waals surface area contributed by atoms with Crippen LogP contribution in [0.1, 0.15) is 36.2 Å². The highest BCUT2D eigenvalue weighted by Gasteiger charge is 2.29. The highest BCUT2D eigenvalue weighted by molar-refractivity contribution is 5.80. The largest absolute Gasteiger partial charge is 0.394 e. The Morgan fingerprint density at radius 1 is 1.53 bits per heavy atom. The van der Waals surface area contributed by atoms with Crippen LogP contribution in [-0.2, 0) is 7.05 Å². The summed E-state index contributed by atoms with van der Waals surface area (Å²) in [5.41, 5.74) is 8.97. The highest BCUT2D eigenvalue weighted by Crippen LogP contribution is 2.40. The molecule has 0 saturated heterocycles. The summed E-state index contributed by atoms with van der Waals surface area (Å²) in [4.78, 5) is 4.68. The van der Waals surface area contributed by atoms with Crippen molar-refractivity contribution in [3.8, 4) is 0 Å².